The van der Waals surface area contributed by atoms with E-state index in [-0.39, 0.29) is 11.8 Å². The average Bonchev–Trinajstić information content (AvgIpc) is 1.81. The summed E-state index contributed by atoms with van der Waals surface area (Å²) in [5.41, 5.74) is 2.35. The number of carbonyl (C=O) groups is 1. The second kappa shape index (κ2) is 4.24. The van der Waals surface area contributed by atoms with E-state index in [1.807, 2.05) is 13.8 Å². The molecule has 4 nitrogen and oxygen atoms in total. The Balaban J connectivity index is 3.85. The quantitative estimate of drug-likeness (QED) is 0.379. The van der Waals surface area contributed by atoms with Gasteiger partial charge in [-0.25, -0.2) is 0 Å². The van der Waals surface area contributed by atoms with E-state index in [9.17, 15) is 4.79 Å². The van der Waals surface area contributed by atoms with Crippen molar-refractivity contribution in [2.24, 2.45) is 17.7 Å². The summed E-state index contributed by atoms with van der Waals surface area (Å²) in [5.74, 6) is 3.93. The molecule has 0 fully saturated rings. The van der Waals surface area contributed by atoms with E-state index in [1.54, 1.807) is 0 Å². The maximum Gasteiger partial charge on any atom is 0.308 e. The summed E-state index contributed by atoms with van der Waals surface area (Å²) >= 11 is 0. The highest BCUT2D eigenvalue weighted by atomic mass is 16.4. The Labute approximate surface area is 60.4 Å². The number of rotatable bonds is 4. The SMILES string of the molecule is CC(C)C(CNN)C(=O)O. The molecule has 0 aromatic carbocycles. The monoisotopic (exact) mass is 146 g/mol. The number of hydrazine groups is 1. The molecule has 0 amide bonds. The predicted molar refractivity (Wildman–Crippen MR) is 38.2 cm³/mol. The van der Waals surface area contributed by atoms with Crippen LogP contribution in [0.5, 0.6) is 0 Å². The van der Waals surface area contributed by atoms with Crippen LogP contribution in [0.2, 0.25) is 0 Å². The lowest BCUT2D eigenvalue weighted by Gasteiger charge is -2.14. The van der Waals surface area contributed by atoms with E-state index < -0.39 is 5.97 Å². The van der Waals surface area contributed by atoms with E-state index >= 15 is 0 Å². The summed E-state index contributed by atoms with van der Waals surface area (Å²) in [6.45, 7) is 4.04. The van der Waals surface area contributed by atoms with Crippen molar-refractivity contribution in [2.75, 3.05) is 6.54 Å². The van der Waals surface area contributed by atoms with Crippen LogP contribution in [-0.2, 0) is 4.79 Å². The van der Waals surface area contributed by atoms with Gasteiger partial charge in [-0.15, -0.1) is 0 Å². The summed E-state index contributed by atoms with van der Waals surface area (Å²) in [7, 11) is 0. The van der Waals surface area contributed by atoms with E-state index in [2.05, 4.69) is 5.43 Å². The Morgan fingerprint density at radius 2 is 2.20 bits per heavy atom. The van der Waals surface area contributed by atoms with Crippen molar-refractivity contribution >= 4 is 5.97 Å². The fourth-order valence-corrected chi connectivity index (χ4v) is 0.735. The van der Waals surface area contributed by atoms with Gasteiger partial charge in [-0.2, -0.15) is 0 Å². The summed E-state index contributed by atoms with van der Waals surface area (Å²) in [6, 6.07) is 0. The molecule has 0 aliphatic carbocycles. The van der Waals surface area contributed by atoms with E-state index in [1.165, 1.54) is 0 Å². The van der Waals surface area contributed by atoms with Crippen LogP contribution in [0.4, 0.5) is 0 Å². The van der Waals surface area contributed by atoms with Gasteiger partial charge in [-0.05, 0) is 5.92 Å². The minimum absolute atomic E-state index is 0.119. The van der Waals surface area contributed by atoms with Gasteiger partial charge < -0.3 is 5.11 Å². The number of nitrogens with one attached hydrogen (secondary N) is 1. The molecule has 60 valence electrons. The molecule has 0 radical (unpaired) electrons. The molecule has 0 aliphatic rings. The first kappa shape index (κ1) is 9.39. The van der Waals surface area contributed by atoms with Crippen molar-refractivity contribution in [1.29, 1.82) is 0 Å². The molecule has 4 heteroatoms. The molecule has 4 N–H and O–H groups in total. The van der Waals surface area contributed by atoms with E-state index in [0.717, 1.165) is 0 Å². The van der Waals surface area contributed by atoms with Crippen LogP contribution in [0, 0.1) is 11.8 Å². The Morgan fingerprint density at radius 1 is 1.70 bits per heavy atom. The van der Waals surface area contributed by atoms with Crippen LogP contribution in [0.15, 0.2) is 0 Å². The Hall–Kier alpha value is -0.610. The Bertz CT molecular complexity index is 114. The average molecular weight is 146 g/mol. The summed E-state index contributed by atoms with van der Waals surface area (Å²) in [6.07, 6.45) is 0. The fraction of sp³-hybridized carbons (Fsp3) is 0.833. The summed E-state index contributed by atoms with van der Waals surface area (Å²) in [4.78, 5) is 10.4. The van der Waals surface area contributed by atoms with Gasteiger partial charge in [0.05, 0.1) is 5.92 Å². The van der Waals surface area contributed by atoms with Gasteiger partial charge >= 0.3 is 5.97 Å². The molecule has 1 unspecified atom stereocenters. The molecule has 0 aromatic heterocycles. The van der Waals surface area contributed by atoms with Crippen LogP contribution < -0.4 is 11.3 Å². The molecule has 10 heavy (non-hydrogen) atoms. The van der Waals surface area contributed by atoms with Crippen LogP contribution >= 0.6 is 0 Å². The lowest BCUT2D eigenvalue weighted by Crippen LogP contribution is -2.35. The second-order valence-electron chi connectivity index (χ2n) is 2.60. The number of aliphatic carboxylic acids is 1. The Kier molecular flexibility index (Phi) is 3.99. The van der Waals surface area contributed by atoms with Crippen molar-refractivity contribution in [3.63, 3.8) is 0 Å². The van der Waals surface area contributed by atoms with Crippen LogP contribution in [0.25, 0.3) is 0 Å². The van der Waals surface area contributed by atoms with Gasteiger partial charge in [0.1, 0.15) is 0 Å². The van der Waals surface area contributed by atoms with Gasteiger partial charge in [-0.1, -0.05) is 13.8 Å². The van der Waals surface area contributed by atoms with Crippen molar-refractivity contribution < 1.29 is 9.90 Å². The fourth-order valence-electron chi connectivity index (χ4n) is 0.735. The van der Waals surface area contributed by atoms with Gasteiger partial charge in [0.2, 0.25) is 0 Å². The summed E-state index contributed by atoms with van der Waals surface area (Å²) < 4.78 is 0. The molecular formula is C6H14N2O2. The highest BCUT2D eigenvalue weighted by Crippen LogP contribution is 2.08. The molecule has 1 atom stereocenters. The van der Waals surface area contributed by atoms with E-state index in [4.69, 9.17) is 10.9 Å². The van der Waals surface area contributed by atoms with Gasteiger partial charge in [0.15, 0.2) is 0 Å². The van der Waals surface area contributed by atoms with Gasteiger partial charge in [-0.3, -0.25) is 16.1 Å². The lowest BCUT2D eigenvalue weighted by atomic mass is 9.96. The highest BCUT2D eigenvalue weighted by Gasteiger charge is 2.19. The molecule has 0 aliphatic heterocycles. The smallest absolute Gasteiger partial charge is 0.308 e. The third kappa shape index (κ3) is 2.80. The summed E-state index contributed by atoms with van der Waals surface area (Å²) in [5, 5.41) is 8.58. The Morgan fingerprint density at radius 3 is 2.30 bits per heavy atom. The zero-order chi connectivity index (χ0) is 8.15. The standard InChI is InChI=1S/C6H14N2O2/c1-4(2)5(3-8-7)6(9)10/h4-5,8H,3,7H2,1-2H3,(H,9,10). The topological polar surface area (TPSA) is 75.3 Å². The van der Waals surface area contributed by atoms with Crippen LogP contribution in [0.1, 0.15) is 13.8 Å². The van der Waals surface area contributed by atoms with Gasteiger partial charge in [0.25, 0.3) is 0 Å². The largest absolute Gasteiger partial charge is 0.481 e. The number of carboxylic acid groups (broad SMARTS) is 1. The first-order valence-corrected chi connectivity index (χ1v) is 3.25. The minimum atomic E-state index is -0.798. The molecule has 0 rings (SSSR count). The predicted octanol–water partition coefficient (Wildman–Crippen LogP) is -0.193. The maximum atomic E-state index is 10.4. The zero-order valence-corrected chi connectivity index (χ0v) is 6.29. The zero-order valence-electron chi connectivity index (χ0n) is 6.29. The highest BCUT2D eigenvalue weighted by molar-refractivity contribution is 5.70. The maximum absolute atomic E-state index is 10.4. The molecular weight excluding hydrogens is 132 g/mol. The van der Waals surface area contributed by atoms with Crippen molar-refractivity contribution in [1.82, 2.24) is 5.43 Å². The van der Waals surface area contributed by atoms with Crippen molar-refractivity contribution in [3.05, 3.63) is 0 Å². The molecule has 0 bridgehead atoms. The number of hydrogen-bond acceptors (Lipinski definition) is 3. The van der Waals surface area contributed by atoms with Crippen LogP contribution in [-0.4, -0.2) is 17.6 Å². The van der Waals surface area contributed by atoms with E-state index in [0.29, 0.717) is 6.54 Å². The van der Waals surface area contributed by atoms with Crippen molar-refractivity contribution in [3.8, 4) is 0 Å². The first-order valence-electron chi connectivity index (χ1n) is 3.25. The molecule has 0 spiro atoms. The third-order valence-corrected chi connectivity index (χ3v) is 1.46. The number of hydrogen-bond donors (Lipinski definition) is 3. The number of nitrogens with two attached hydrogens (primary N) is 1. The lowest BCUT2D eigenvalue weighted by molar-refractivity contribution is -0.143. The molecule has 0 heterocycles. The molecule has 0 saturated heterocycles. The van der Waals surface area contributed by atoms with Crippen molar-refractivity contribution in [2.45, 2.75) is 13.8 Å². The van der Waals surface area contributed by atoms with Gasteiger partial charge in [0, 0.05) is 6.54 Å². The van der Waals surface area contributed by atoms with Crippen LogP contribution in [0.3, 0.4) is 0 Å². The second-order valence-corrected chi connectivity index (χ2v) is 2.60. The normalized spacial score (nSPS) is 13.6. The molecule has 0 aromatic rings. The first-order chi connectivity index (χ1) is 4.59. The molecule has 0 saturated carbocycles. The minimum Gasteiger partial charge on any atom is -0.481 e. The third-order valence-electron chi connectivity index (χ3n) is 1.46. The number of carboxylic acids is 1.